The number of aromatic nitrogens is 5. The lowest BCUT2D eigenvalue weighted by Gasteiger charge is -2.11. The van der Waals surface area contributed by atoms with Crippen LogP contribution in [-0.2, 0) is 0 Å². The Morgan fingerprint density at radius 3 is 1.29 bits per heavy atom. The lowest BCUT2D eigenvalue weighted by atomic mass is 9.95. The fourth-order valence-electron chi connectivity index (χ4n) is 8.50. The molecule has 0 aliphatic heterocycles. The molecular weight excluding hydrogens is 771 g/mol. The molecule has 6 heteroatoms. The summed E-state index contributed by atoms with van der Waals surface area (Å²) >= 11 is 0. The molecule has 294 valence electrons. The molecule has 12 rings (SSSR count). The third-order valence-electron chi connectivity index (χ3n) is 11.7. The van der Waals surface area contributed by atoms with Crippen LogP contribution in [-0.4, -0.2) is 24.9 Å². The molecule has 0 unspecified atom stereocenters. The third kappa shape index (κ3) is 6.76. The van der Waals surface area contributed by atoms with E-state index in [1.807, 2.05) is 66.7 Å². The van der Waals surface area contributed by atoms with Gasteiger partial charge in [0.1, 0.15) is 11.1 Å². The van der Waals surface area contributed by atoms with E-state index in [0.717, 1.165) is 93.9 Å². The average molecular weight is 806 g/mol. The summed E-state index contributed by atoms with van der Waals surface area (Å²) in [5, 5.41) is 3.21. The SMILES string of the molecule is c1ccc(-c2ccc(-c3nc(-c4ccccc4)nc(-c4ccc(-c5cccc(-c6cccc(-c7ccc8c(ccc9oc%10nc%11ccccc%11nc%10c98)c7)c6)c5)cc4)n3)cc2)cc1. The van der Waals surface area contributed by atoms with E-state index in [4.69, 9.17) is 29.3 Å². The maximum atomic E-state index is 6.19. The number of nitrogens with zero attached hydrogens (tertiary/aromatic N) is 5. The molecule has 0 fully saturated rings. The third-order valence-corrected chi connectivity index (χ3v) is 11.7. The maximum absolute atomic E-state index is 6.19. The van der Waals surface area contributed by atoms with Crippen molar-refractivity contribution in [3.05, 3.63) is 212 Å². The molecule has 3 aromatic heterocycles. The molecule has 9 aromatic carbocycles. The standard InChI is InChI=1S/C57H35N5O/c1-3-11-36(12-4-1)37-21-25-40(26-22-37)55-60-54(39-13-5-2-6-14-39)61-56(62-55)41-27-23-38(24-28-41)42-15-9-16-43(33-42)44-17-10-18-45(34-44)46-29-31-48-47(35-46)30-32-51-52(48)53-57(63-51)59-50-20-8-7-19-49(50)58-53/h1-35H. The van der Waals surface area contributed by atoms with Crippen LogP contribution in [0.1, 0.15) is 0 Å². The van der Waals surface area contributed by atoms with E-state index in [9.17, 15) is 0 Å². The highest BCUT2D eigenvalue weighted by molar-refractivity contribution is 6.18. The van der Waals surface area contributed by atoms with Gasteiger partial charge in [0.15, 0.2) is 17.5 Å². The molecule has 0 saturated heterocycles. The van der Waals surface area contributed by atoms with Gasteiger partial charge in [-0.25, -0.2) is 24.9 Å². The molecule has 0 amide bonds. The molecule has 63 heavy (non-hydrogen) atoms. The van der Waals surface area contributed by atoms with E-state index in [1.165, 1.54) is 5.56 Å². The Bertz CT molecular complexity index is 3660. The van der Waals surface area contributed by atoms with Gasteiger partial charge in [0, 0.05) is 16.7 Å². The quantitative estimate of drug-likeness (QED) is 0.160. The van der Waals surface area contributed by atoms with Crippen molar-refractivity contribution in [2.45, 2.75) is 0 Å². The molecule has 0 atom stereocenters. The highest BCUT2D eigenvalue weighted by Crippen LogP contribution is 2.37. The molecule has 3 heterocycles. The van der Waals surface area contributed by atoms with E-state index in [2.05, 4.69) is 146 Å². The second kappa shape index (κ2) is 15.1. The van der Waals surface area contributed by atoms with Crippen molar-refractivity contribution in [2.75, 3.05) is 0 Å². The normalized spacial score (nSPS) is 11.5. The summed E-state index contributed by atoms with van der Waals surface area (Å²) in [5.41, 5.74) is 15.7. The van der Waals surface area contributed by atoms with Gasteiger partial charge < -0.3 is 4.42 Å². The largest absolute Gasteiger partial charge is 0.436 e. The second-order valence-corrected chi connectivity index (χ2v) is 15.7. The fourth-order valence-corrected chi connectivity index (χ4v) is 8.50. The number of furan rings is 1. The topological polar surface area (TPSA) is 77.6 Å². The minimum Gasteiger partial charge on any atom is -0.436 e. The second-order valence-electron chi connectivity index (χ2n) is 15.7. The van der Waals surface area contributed by atoms with Crippen molar-refractivity contribution in [3.63, 3.8) is 0 Å². The van der Waals surface area contributed by atoms with Gasteiger partial charge in [0.2, 0.25) is 5.71 Å². The summed E-state index contributed by atoms with van der Waals surface area (Å²) < 4.78 is 6.19. The lowest BCUT2D eigenvalue weighted by Crippen LogP contribution is -2.00. The number of benzene rings is 9. The summed E-state index contributed by atoms with van der Waals surface area (Å²) in [4.78, 5) is 24.6. The smallest absolute Gasteiger partial charge is 0.246 e. The van der Waals surface area contributed by atoms with Gasteiger partial charge in [-0.2, -0.15) is 0 Å². The van der Waals surface area contributed by atoms with Gasteiger partial charge in [-0.3, -0.25) is 0 Å². The van der Waals surface area contributed by atoms with Crippen molar-refractivity contribution in [2.24, 2.45) is 0 Å². The predicted molar refractivity (Wildman–Crippen MR) is 256 cm³/mol. The first-order valence-electron chi connectivity index (χ1n) is 21.0. The van der Waals surface area contributed by atoms with E-state index >= 15 is 0 Å². The minimum atomic E-state index is 0.557. The minimum absolute atomic E-state index is 0.557. The van der Waals surface area contributed by atoms with Gasteiger partial charge in [-0.1, -0.05) is 176 Å². The first kappa shape index (κ1) is 36.3. The van der Waals surface area contributed by atoms with Crippen LogP contribution in [0.25, 0.3) is 123 Å². The van der Waals surface area contributed by atoms with Crippen molar-refractivity contribution >= 4 is 44.0 Å². The number of rotatable bonds is 7. The Kier molecular flexibility index (Phi) is 8.71. The van der Waals surface area contributed by atoms with Gasteiger partial charge in [-0.05, 0) is 91.7 Å². The molecule has 0 aliphatic rings. The Morgan fingerprint density at radius 2 is 0.698 bits per heavy atom. The van der Waals surface area contributed by atoms with E-state index in [1.54, 1.807) is 0 Å². The van der Waals surface area contributed by atoms with Gasteiger partial charge in [0.05, 0.1) is 16.4 Å². The van der Waals surface area contributed by atoms with E-state index < -0.39 is 0 Å². The van der Waals surface area contributed by atoms with Crippen molar-refractivity contribution in [3.8, 4) is 78.7 Å². The molecule has 0 N–H and O–H groups in total. The number of hydrogen-bond donors (Lipinski definition) is 0. The highest BCUT2D eigenvalue weighted by Gasteiger charge is 2.16. The number of para-hydroxylation sites is 2. The fraction of sp³-hybridized carbons (Fsp3) is 0. The van der Waals surface area contributed by atoms with Crippen LogP contribution < -0.4 is 0 Å². The van der Waals surface area contributed by atoms with E-state index in [0.29, 0.717) is 23.2 Å². The van der Waals surface area contributed by atoms with Crippen LogP contribution in [0, 0.1) is 0 Å². The summed E-state index contributed by atoms with van der Waals surface area (Å²) in [7, 11) is 0. The monoisotopic (exact) mass is 805 g/mol. The number of fused-ring (bicyclic) bond motifs is 6. The first-order chi connectivity index (χ1) is 31.2. The summed E-state index contributed by atoms with van der Waals surface area (Å²) in [6, 6.07) is 73.5. The summed E-state index contributed by atoms with van der Waals surface area (Å²) in [5.74, 6) is 1.90. The number of hydrogen-bond acceptors (Lipinski definition) is 6. The predicted octanol–water partition coefficient (Wildman–Crippen LogP) is 14.5. The Labute approximate surface area is 362 Å². The van der Waals surface area contributed by atoms with Crippen LogP contribution >= 0.6 is 0 Å². The Morgan fingerprint density at radius 1 is 0.286 bits per heavy atom. The Hall–Kier alpha value is -8.61. The first-order valence-corrected chi connectivity index (χ1v) is 21.0. The van der Waals surface area contributed by atoms with Crippen molar-refractivity contribution in [1.82, 2.24) is 24.9 Å². The van der Waals surface area contributed by atoms with Crippen LogP contribution in [0.2, 0.25) is 0 Å². The maximum Gasteiger partial charge on any atom is 0.246 e. The van der Waals surface area contributed by atoms with Crippen LogP contribution in [0.4, 0.5) is 0 Å². The van der Waals surface area contributed by atoms with Crippen LogP contribution in [0.15, 0.2) is 217 Å². The zero-order chi connectivity index (χ0) is 41.7. The Balaban J connectivity index is 0.843. The molecular formula is C57H35N5O. The molecule has 0 spiro atoms. The molecule has 6 nitrogen and oxygen atoms in total. The van der Waals surface area contributed by atoms with Gasteiger partial charge in [-0.15, -0.1) is 0 Å². The summed E-state index contributed by atoms with van der Waals surface area (Å²) in [6.45, 7) is 0. The van der Waals surface area contributed by atoms with E-state index in [-0.39, 0.29) is 0 Å². The lowest BCUT2D eigenvalue weighted by molar-refractivity contribution is 0.655. The average Bonchev–Trinajstić information content (AvgIpc) is 3.74. The molecule has 0 bridgehead atoms. The molecule has 0 radical (unpaired) electrons. The highest BCUT2D eigenvalue weighted by atomic mass is 16.3. The van der Waals surface area contributed by atoms with Crippen molar-refractivity contribution < 1.29 is 4.42 Å². The molecule has 0 saturated carbocycles. The molecule has 0 aliphatic carbocycles. The van der Waals surface area contributed by atoms with Gasteiger partial charge >= 0.3 is 0 Å². The van der Waals surface area contributed by atoms with Crippen LogP contribution in [0.3, 0.4) is 0 Å². The zero-order valence-electron chi connectivity index (χ0n) is 33.9. The molecule has 12 aromatic rings. The van der Waals surface area contributed by atoms with Crippen molar-refractivity contribution in [1.29, 1.82) is 0 Å². The zero-order valence-corrected chi connectivity index (χ0v) is 33.9. The summed E-state index contributed by atoms with van der Waals surface area (Å²) in [6.07, 6.45) is 0. The van der Waals surface area contributed by atoms with Crippen LogP contribution in [0.5, 0.6) is 0 Å². The van der Waals surface area contributed by atoms with Gasteiger partial charge in [0.25, 0.3) is 0 Å².